The van der Waals surface area contributed by atoms with E-state index in [1.165, 1.54) is 6.92 Å². The summed E-state index contributed by atoms with van der Waals surface area (Å²) in [7, 11) is 0. The van der Waals surface area contributed by atoms with Gasteiger partial charge in [-0.05, 0) is 6.42 Å². The van der Waals surface area contributed by atoms with E-state index in [9.17, 15) is 4.79 Å². The molecule has 1 aromatic heterocycles. The van der Waals surface area contributed by atoms with Gasteiger partial charge >= 0.3 is 0 Å². The summed E-state index contributed by atoms with van der Waals surface area (Å²) in [5.41, 5.74) is 1.55. The lowest BCUT2D eigenvalue weighted by Gasteiger charge is -1.94. The Balaban J connectivity index is 2.87. The number of rotatable bonds is 3. The summed E-state index contributed by atoms with van der Waals surface area (Å²) >= 11 is 0. The Kier molecular flexibility index (Phi) is 2.41. The average molecular weight is 152 g/mol. The van der Waals surface area contributed by atoms with Crippen molar-refractivity contribution in [3.63, 3.8) is 0 Å². The fourth-order valence-electron chi connectivity index (χ4n) is 1.06. The molecule has 0 bridgehead atoms. The highest BCUT2D eigenvalue weighted by molar-refractivity contribution is 5.93. The molecule has 0 aromatic carbocycles. The molecule has 0 aliphatic rings. The molecule has 0 radical (unpaired) electrons. The molecule has 0 unspecified atom stereocenters. The molecule has 1 aromatic rings. The van der Waals surface area contributed by atoms with Crippen molar-refractivity contribution in [2.45, 2.75) is 26.7 Å². The number of aryl methyl sites for hydroxylation is 1. The summed E-state index contributed by atoms with van der Waals surface area (Å²) < 4.78 is 0. The van der Waals surface area contributed by atoms with E-state index in [0.717, 1.165) is 18.5 Å². The van der Waals surface area contributed by atoms with Crippen molar-refractivity contribution in [3.05, 3.63) is 17.7 Å². The molecule has 0 amide bonds. The van der Waals surface area contributed by atoms with Crippen molar-refractivity contribution in [2.75, 3.05) is 0 Å². The Morgan fingerprint density at radius 1 is 1.73 bits per heavy atom. The third kappa shape index (κ3) is 1.67. The van der Waals surface area contributed by atoms with Crippen molar-refractivity contribution in [2.24, 2.45) is 0 Å². The number of hydrogen-bond acceptors (Lipinski definition) is 2. The molecule has 3 heteroatoms. The molecule has 0 aliphatic heterocycles. The zero-order valence-corrected chi connectivity index (χ0v) is 6.85. The van der Waals surface area contributed by atoms with Crippen LogP contribution in [0, 0.1) is 0 Å². The summed E-state index contributed by atoms with van der Waals surface area (Å²) in [5.74, 6) is 0.0368. The topological polar surface area (TPSA) is 45.8 Å². The largest absolute Gasteiger partial charge is 0.348 e. The van der Waals surface area contributed by atoms with Crippen LogP contribution in [0.5, 0.6) is 0 Å². The zero-order chi connectivity index (χ0) is 8.27. The number of ketones is 1. The summed E-state index contributed by atoms with van der Waals surface area (Å²) in [4.78, 5) is 17.8. The lowest BCUT2D eigenvalue weighted by atomic mass is 10.2. The van der Waals surface area contributed by atoms with E-state index in [4.69, 9.17) is 0 Å². The third-order valence-electron chi connectivity index (χ3n) is 1.55. The van der Waals surface area contributed by atoms with Crippen molar-refractivity contribution >= 4 is 5.78 Å². The second kappa shape index (κ2) is 3.32. The van der Waals surface area contributed by atoms with Gasteiger partial charge in [0.15, 0.2) is 5.78 Å². The molecule has 0 spiro atoms. The van der Waals surface area contributed by atoms with Gasteiger partial charge in [0, 0.05) is 12.6 Å². The lowest BCUT2D eigenvalue weighted by Crippen LogP contribution is -1.98. The van der Waals surface area contributed by atoms with Gasteiger partial charge < -0.3 is 4.98 Å². The predicted octanol–water partition coefficient (Wildman–Crippen LogP) is 1.56. The van der Waals surface area contributed by atoms with Gasteiger partial charge in [0.1, 0.15) is 5.69 Å². The Morgan fingerprint density at radius 3 is 3.00 bits per heavy atom. The van der Waals surface area contributed by atoms with Crippen LogP contribution in [-0.4, -0.2) is 15.8 Å². The first-order valence-corrected chi connectivity index (χ1v) is 3.79. The SMILES string of the molecule is CCCc1[nH]cnc1C(C)=O. The van der Waals surface area contributed by atoms with Crippen LogP contribution in [0.15, 0.2) is 6.33 Å². The fourth-order valence-corrected chi connectivity index (χ4v) is 1.06. The Bertz CT molecular complexity index is 252. The Morgan fingerprint density at radius 2 is 2.45 bits per heavy atom. The van der Waals surface area contributed by atoms with E-state index < -0.39 is 0 Å². The molecule has 0 fully saturated rings. The third-order valence-corrected chi connectivity index (χ3v) is 1.55. The number of Topliss-reactive ketones (excluding diaryl/α,β-unsaturated/α-hetero) is 1. The normalized spacial score (nSPS) is 10.0. The summed E-state index contributed by atoms with van der Waals surface area (Å²) in [6.07, 6.45) is 3.50. The maximum absolute atomic E-state index is 10.9. The van der Waals surface area contributed by atoms with Gasteiger partial charge in [-0.1, -0.05) is 13.3 Å². The van der Waals surface area contributed by atoms with Crippen LogP contribution in [0.3, 0.4) is 0 Å². The van der Waals surface area contributed by atoms with Crippen molar-refractivity contribution in [1.29, 1.82) is 0 Å². The molecule has 0 saturated heterocycles. The van der Waals surface area contributed by atoms with Gasteiger partial charge in [0.2, 0.25) is 0 Å². The number of nitrogens with zero attached hydrogens (tertiary/aromatic N) is 1. The highest BCUT2D eigenvalue weighted by atomic mass is 16.1. The number of nitrogens with one attached hydrogen (secondary N) is 1. The average Bonchev–Trinajstić information content (AvgIpc) is 2.36. The number of aromatic nitrogens is 2. The summed E-state index contributed by atoms with van der Waals surface area (Å²) in [6, 6.07) is 0. The van der Waals surface area contributed by atoms with Crippen LogP contribution in [0.4, 0.5) is 0 Å². The minimum atomic E-state index is 0.0368. The fraction of sp³-hybridized carbons (Fsp3) is 0.500. The van der Waals surface area contributed by atoms with Crippen LogP contribution in [-0.2, 0) is 6.42 Å². The van der Waals surface area contributed by atoms with Gasteiger partial charge in [-0.15, -0.1) is 0 Å². The predicted molar refractivity (Wildman–Crippen MR) is 42.6 cm³/mol. The van der Waals surface area contributed by atoms with E-state index in [2.05, 4.69) is 16.9 Å². The first kappa shape index (κ1) is 7.98. The van der Waals surface area contributed by atoms with Crippen LogP contribution in [0.25, 0.3) is 0 Å². The number of hydrogen-bond donors (Lipinski definition) is 1. The molecular weight excluding hydrogens is 140 g/mol. The second-order valence-electron chi connectivity index (χ2n) is 2.54. The van der Waals surface area contributed by atoms with Gasteiger partial charge in [-0.2, -0.15) is 0 Å². The maximum Gasteiger partial charge on any atom is 0.179 e. The molecule has 0 atom stereocenters. The number of H-pyrrole nitrogens is 1. The molecule has 1 heterocycles. The van der Waals surface area contributed by atoms with Crippen LogP contribution >= 0.6 is 0 Å². The van der Waals surface area contributed by atoms with Gasteiger partial charge in [0.25, 0.3) is 0 Å². The molecule has 1 N–H and O–H groups in total. The van der Waals surface area contributed by atoms with E-state index >= 15 is 0 Å². The van der Waals surface area contributed by atoms with E-state index in [-0.39, 0.29) is 5.78 Å². The van der Waals surface area contributed by atoms with E-state index in [0.29, 0.717) is 5.69 Å². The molecule has 3 nitrogen and oxygen atoms in total. The van der Waals surface area contributed by atoms with E-state index in [1.807, 2.05) is 0 Å². The number of imidazole rings is 1. The number of aromatic amines is 1. The quantitative estimate of drug-likeness (QED) is 0.668. The van der Waals surface area contributed by atoms with Crippen LogP contribution < -0.4 is 0 Å². The first-order valence-electron chi connectivity index (χ1n) is 3.79. The lowest BCUT2D eigenvalue weighted by molar-refractivity contribution is 0.101. The minimum Gasteiger partial charge on any atom is -0.348 e. The number of carbonyl (C=O) groups is 1. The standard InChI is InChI=1S/C8H12N2O/c1-3-4-7-8(6(2)11)10-5-9-7/h5H,3-4H2,1-2H3,(H,9,10). The minimum absolute atomic E-state index is 0.0368. The molecule has 0 saturated carbocycles. The smallest absolute Gasteiger partial charge is 0.179 e. The summed E-state index contributed by atoms with van der Waals surface area (Å²) in [6.45, 7) is 3.61. The zero-order valence-electron chi connectivity index (χ0n) is 6.85. The Labute approximate surface area is 65.8 Å². The van der Waals surface area contributed by atoms with Gasteiger partial charge in [-0.3, -0.25) is 4.79 Å². The molecule has 11 heavy (non-hydrogen) atoms. The molecule has 1 rings (SSSR count). The van der Waals surface area contributed by atoms with Crippen molar-refractivity contribution < 1.29 is 4.79 Å². The molecule has 60 valence electrons. The van der Waals surface area contributed by atoms with Crippen LogP contribution in [0.2, 0.25) is 0 Å². The monoisotopic (exact) mass is 152 g/mol. The molecule has 0 aliphatic carbocycles. The van der Waals surface area contributed by atoms with Gasteiger partial charge in [-0.25, -0.2) is 4.98 Å². The van der Waals surface area contributed by atoms with Crippen molar-refractivity contribution in [3.8, 4) is 0 Å². The molecular formula is C8H12N2O. The van der Waals surface area contributed by atoms with E-state index in [1.54, 1.807) is 6.33 Å². The number of carbonyl (C=O) groups excluding carboxylic acids is 1. The van der Waals surface area contributed by atoms with Crippen molar-refractivity contribution in [1.82, 2.24) is 9.97 Å². The van der Waals surface area contributed by atoms with Crippen LogP contribution in [0.1, 0.15) is 36.5 Å². The van der Waals surface area contributed by atoms with Gasteiger partial charge in [0.05, 0.1) is 6.33 Å². The maximum atomic E-state index is 10.9. The second-order valence-corrected chi connectivity index (χ2v) is 2.54. The Hall–Kier alpha value is -1.12. The highest BCUT2D eigenvalue weighted by Gasteiger charge is 2.07. The first-order chi connectivity index (χ1) is 5.25. The highest BCUT2D eigenvalue weighted by Crippen LogP contribution is 2.05. The summed E-state index contributed by atoms with van der Waals surface area (Å²) in [5, 5.41) is 0.